The molecule has 1 aromatic carbocycles. The standard InChI is InChI=1S/C16H25N3O3/c1-3-18-15(20)14(17-2)10-7-11-19-16(21)22-12-13-8-5-4-6-9-13/h4-6,8-9,14,17H,3,7,10-12H2,1-2H3,(H,18,20)(H,19,21). The summed E-state index contributed by atoms with van der Waals surface area (Å²) in [7, 11) is 1.75. The van der Waals surface area contributed by atoms with Crippen molar-refractivity contribution in [3.8, 4) is 0 Å². The summed E-state index contributed by atoms with van der Waals surface area (Å²) in [6.07, 6.45) is 0.910. The second-order valence-electron chi connectivity index (χ2n) is 4.87. The Morgan fingerprint density at radius 1 is 1.18 bits per heavy atom. The van der Waals surface area contributed by atoms with Gasteiger partial charge in [0.05, 0.1) is 6.04 Å². The molecule has 3 N–H and O–H groups in total. The van der Waals surface area contributed by atoms with E-state index < -0.39 is 6.09 Å². The fourth-order valence-corrected chi connectivity index (χ4v) is 1.97. The van der Waals surface area contributed by atoms with Crippen molar-refractivity contribution in [2.24, 2.45) is 0 Å². The second kappa shape index (κ2) is 10.6. The van der Waals surface area contributed by atoms with Crippen molar-refractivity contribution < 1.29 is 14.3 Å². The molecular weight excluding hydrogens is 282 g/mol. The number of benzene rings is 1. The van der Waals surface area contributed by atoms with Gasteiger partial charge in [-0.3, -0.25) is 4.79 Å². The maximum atomic E-state index is 11.7. The molecular formula is C16H25N3O3. The molecule has 0 aliphatic carbocycles. The van der Waals surface area contributed by atoms with E-state index in [0.29, 0.717) is 25.9 Å². The van der Waals surface area contributed by atoms with Crippen molar-refractivity contribution >= 4 is 12.0 Å². The molecule has 0 radical (unpaired) electrons. The van der Waals surface area contributed by atoms with Crippen LogP contribution in [-0.4, -0.2) is 38.2 Å². The third kappa shape index (κ3) is 7.08. The molecule has 1 atom stereocenters. The van der Waals surface area contributed by atoms with E-state index in [1.54, 1.807) is 7.05 Å². The van der Waals surface area contributed by atoms with Crippen LogP contribution in [0.4, 0.5) is 4.79 Å². The molecule has 1 rings (SSSR count). The number of hydrogen-bond acceptors (Lipinski definition) is 4. The first-order valence-corrected chi connectivity index (χ1v) is 7.57. The smallest absolute Gasteiger partial charge is 0.407 e. The Morgan fingerprint density at radius 2 is 1.91 bits per heavy atom. The van der Waals surface area contributed by atoms with Crippen molar-refractivity contribution in [2.45, 2.75) is 32.4 Å². The number of ether oxygens (including phenoxy) is 1. The number of carbonyl (C=O) groups is 2. The predicted octanol–water partition coefficient (Wildman–Crippen LogP) is 1.42. The first-order valence-electron chi connectivity index (χ1n) is 7.57. The van der Waals surface area contributed by atoms with E-state index in [1.165, 1.54) is 0 Å². The number of carbonyl (C=O) groups excluding carboxylic acids is 2. The first-order chi connectivity index (χ1) is 10.7. The summed E-state index contributed by atoms with van der Waals surface area (Å²) < 4.78 is 5.10. The largest absolute Gasteiger partial charge is 0.445 e. The molecule has 1 aromatic rings. The van der Waals surface area contributed by atoms with Gasteiger partial charge >= 0.3 is 6.09 Å². The number of alkyl carbamates (subject to hydrolysis) is 1. The Bertz CT molecular complexity index is 451. The molecule has 0 aliphatic rings. The van der Waals surface area contributed by atoms with Crippen molar-refractivity contribution in [2.75, 3.05) is 20.1 Å². The van der Waals surface area contributed by atoms with Gasteiger partial charge in [0.1, 0.15) is 6.61 Å². The molecule has 0 fully saturated rings. The Labute approximate surface area is 131 Å². The van der Waals surface area contributed by atoms with Gasteiger partial charge in [0.15, 0.2) is 0 Å². The van der Waals surface area contributed by atoms with E-state index in [0.717, 1.165) is 5.56 Å². The number of likely N-dealkylation sites (N-methyl/N-ethyl adjacent to an activating group) is 2. The lowest BCUT2D eigenvalue weighted by molar-refractivity contribution is -0.123. The minimum Gasteiger partial charge on any atom is -0.445 e. The van der Waals surface area contributed by atoms with E-state index in [9.17, 15) is 9.59 Å². The SMILES string of the molecule is CCNC(=O)C(CCCNC(=O)OCc1ccccc1)NC. The highest BCUT2D eigenvalue weighted by Crippen LogP contribution is 2.01. The van der Waals surface area contributed by atoms with Crippen molar-refractivity contribution in [3.63, 3.8) is 0 Å². The van der Waals surface area contributed by atoms with Crippen molar-refractivity contribution in [1.29, 1.82) is 0 Å². The molecule has 0 heterocycles. The number of amides is 2. The van der Waals surface area contributed by atoms with E-state index in [2.05, 4.69) is 16.0 Å². The molecule has 0 saturated carbocycles. The van der Waals surface area contributed by atoms with Crippen LogP contribution < -0.4 is 16.0 Å². The molecule has 0 saturated heterocycles. The molecule has 2 amide bonds. The van der Waals surface area contributed by atoms with Crippen LogP contribution >= 0.6 is 0 Å². The molecule has 6 heteroatoms. The zero-order valence-corrected chi connectivity index (χ0v) is 13.2. The summed E-state index contributed by atoms with van der Waals surface area (Å²) in [5, 5.41) is 8.42. The van der Waals surface area contributed by atoms with Gasteiger partial charge in [0.2, 0.25) is 5.91 Å². The summed E-state index contributed by atoms with van der Waals surface area (Å²) in [6.45, 7) is 3.23. The number of nitrogens with one attached hydrogen (secondary N) is 3. The molecule has 1 unspecified atom stereocenters. The Morgan fingerprint density at radius 3 is 2.55 bits per heavy atom. The van der Waals surface area contributed by atoms with Crippen LogP contribution in [0.1, 0.15) is 25.3 Å². The van der Waals surface area contributed by atoms with Gasteiger partial charge in [-0.15, -0.1) is 0 Å². The lowest BCUT2D eigenvalue weighted by atomic mass is 10.1. The lowest BCUT2D eigenvalue weighted by Gasteiger charge is -2.15. The average molecular weight is 307 g/mol. The quantitative estimate of drug-likeness (QED) is 0.603. The highest BCUT2D eigenvalue weighted by molar-refractivity contribution is 5.81. The zero-order chi connectivity index (χ0) is 16.2. The highest BCUT2D eigenvalue weighted by atomic mass is 16.5. The fraction of sp³-hybridized carbons (Fsp3) is 0.500. The maximum Gasteiger partial charge on any atom is 0.407 e. The van der Waals surface area contributed by atoms with Crippen LogP contribution in [-0.2, 0) is 16.1 Å². The average Bonchev–Trinajstić information content (AvgIpc) is 2.54. The van der Waals surface area contributed by atoms with Gasteiger partial charge in [-0.1, -0.05) is 30.3 Å². The van der Waals surface area contributed by atoms with E-state index in [1.807, 2.05) is 37.3 Å². The maximum absolute atomic E-state index is 11.7. The molecule has 0 spiro atoms. The van der Waals surface area contributed by atoms with Crippen LogP contribution in [0.5, 0.6) is 0 Å². The van der Waals surface area contributed by atoms with Gasteiger partial charge in [0.25, 0.3) is 0 Å². The van der Waals surface area contributed by atoms with Crippen LogP contribution in [0.15, 0.2) is 30.3 Å². The van der Waals surface area contributed by atoms with Gasteiger partial charge in [0, 0.05) is 13.1 Å². The summed E-state index contributed by atoms with van der Waals surface area (Å²) in [6, 6.07) is 9.28. The second-order valence-corrected chi connectivity index (χ2v) is 4.87. The highest BCUT2D eigenvalue weighted by Gasteiger charge is 2.14. The zero-order valence-electron chi connectivity index (χ0n) is 13.2. The minimum absolute atomic E-state index is 0.0170. The Balaban J connectivity index is 2.15. The predicted molar refractivity (Wildman–Crippen MR) is 85.4 cm³/mol. The molecule has 0 bridgehead atoms. The first kappa shape index (κ1) is 18.0. The third-order valence-corrected chi connectivity index (χ3v) is 3.17. The minimum atomic E-state index is -0.442. The van der Waals surface area contributed by atoms with Gasteiger partial charge < -0.3 is 20.7 Å². The summed E-state index contributed by atoms with van der Waals surface area (Å²) in [4.78, 5) is 23.2. The van der Waals surface area contributed by atoms with Crippen molar-refractivity contribution in [3.05, 3.63) is 35.9 Å². The monoisotopic (exact) mass is 307 g/mol. The topological polar surface area (TPSA) is 79.5 Å². The summed E-state index contributed by atoms with van der Waals surface area (Å²) in [5.41, 5.74) is 0.948. The van der Waals surface area contributed by atoms with Crippen LogP contribution in [0.3, 0.4) is 0 Å². The van der Waals surface area contributed by atoms with Crippen molar-refractivity contribution in [1.82, 2.24) is 16.0 Å². The Kier molecular flexibility index (Phi) is 8.67. The molecule has 0 aliphatic heterocycles. The van der Waals surface area contributed by atoms with Crippen LogP contribution in [0.2, 0.25) is 0 Å². The third-order valence-electron chi connectivity index (χ3n) is 3.17. The fourth-order valence-electron chi connectivity index (χ4n) is 1.97. The molecule has 0 aromatic heterocycles. The normalized spacial score (nSPS) is 11.5. The number of hydrogen-bond donors (Lipinski definition) is 3. The van der Waals surface area contributed by atoms with Gasteiger partial charge in [-0.2, -0.15) is 0 Å². The van der Waals surface area contributed by atoms with Gasteiger partial charge in [-0.25, -0.2) is 4.79 Å². The molecule has 22 heavy (non-hydrogen) atoms. The molecule has 6 nitrogen and oxygen atoms in total. The van der Waals surface area contributed by atoms with E-state index in [-0.39, 0.29) is 18.6 Å². The Hall–Kier alpha value is -2.08. The summed E-state index contributed by atoms with van der Waals surface area (Å²) >= 11 is 0. The van der Waals surface area contributed by atoms with Crippen LogP contribution in [0.25, 0.3) is 0 Å². The van der Waals surface area contributed by atoms with Gasteiger partial charge in [-0.05, 0) is 32.4 Å². The van der Waals surface area contributed by atoms with E-state index >= 15 is 0 Å². The van der Waals surface area contributed by atoms with E-state index in [4.69, 9.17) is 4.74 Å². The summed E-state index contributed by atoms with van der Waals surface area (Å²) in [5.74, 6) is -0.0170. The molecule has 122 valence electrons. The number of rotatable bonds is 9. The van der Waals surface area contributed by atoms with Crippen LogP contribution in [0, 0.1) is 0 Å². The lowest BCUT2D eigenvalue weighted by Crippen LogP contribution is -2.42.